The lowest BCUT2D eigenvalue weighted by Crippen LogP contribution is -2.25. The van der Waals surface area contributed by atoms with Gasteiger partial charge in [-0.2, -0.15) is 0 Å². The molecule has 0 atom stereocenters. The molecule has 1 rings (SSSR count). The second-order valence-electron chi connectivity index (χ2n) is 4.64. The summed E-state index contributed by atoms with van der Waals surface area (Å²) in [6.45, 7) is 5.06. The van der Waals surface area contributed by atoms with E-state index in [1.807, 2.05) is 6.07 Å². The van der Waals surface area contributed by atoms with Gasteiger partial charge in [0.2, 0.25) is 0 Å². The fourth-order valence-electron chi connectivity index (χ4n) is 1.66. The minimum Gasteiger partial charge on any atom is -0.496 e. The van der Waals surface area contributed by atoms with Gasteiger partial charge in [0.05, 0.1) is 12.7 Å². The molecule has 0 bridgehead atoms. The van der Waals surface area contributed by atoms with Gasteiger partial charge in [-0.05, 0) is 37.0 Å². The lowest BCUT2D eigenvalue weighted by Gasteiger charge is -2.10. The summed E-state index contributed by atoms with van der Waals surface area (Å²) in [5.74, 6) is 1.18. The third-order valence-corrected chi connectivity index (χ3v) is 3.15. The first-order chi connectivity index (χ1) is 8.54. The lowest BCUT2D eigenvalue weighted by atomic mass is 10.1. The van der Waals surface area contributed by atoms with Crippen molar-refractivity contribution < 1.29 is 9.53 Å². The van der Waals surface area contributed by atoms with Crippen molar-refractivity contribution in [2.75, 3.05) is 13.7 Å². The molecule has 1 amide bonds. The second kappa shape index (κ2) is 7.41. The van der Waals surface area contributed by atoms with Crippen molar-refractivity contribution in [3.8, 4) is 5.75 Å². The number of methoxy groups -OCH3 is 1. The van der Waals surface area contributed by atoms with Gasteiger partial charge in [0.15, 0.2) is 0 Å². The number of benzene rings is 1. The van der Waals surface area contributed by atoms with Gasteiger partial charge >= 0.3 is 0 Å². The van der Waals surface area contributed by atoms with E-state index in [0.717, 1.165) is 17.3 Å². The topological polar surface area (TPSA) is 38.3 Å². The van der Waals surface area contributed by atoms with Crippen molar-refractivity contribution in [3.63, 3.8) is 0 Å². The molecule has 3 nitrogen and oxygen atoms in total. The molecule has 1 N–H and O–H groups in total. The molecule has 0 aromatic heterocycles. The first-order valence-corrected chi connectivity index (χ1v) is 6.95. The van der Waals surface area contributed by atoms with Crippen LogP contribution in [0.1, 0.15) is 37.0 Å². The molecule has 0 radical (unpaired) electrons. The van der Waals surface area contributed by atoms with Gasteiger partial charge in [0, 0.05) is 11.0 Å². The number of ether oxygens (including phenoxy) is 1. The van der Waals surface area contributed by atoms with Gasteiger partial charge in [-0.3, -0.25) is 4.79 Å². The highest BCUT2D eigenvalue weighted by atomic mass is 79.9. The Labute approximate surface area is 117 Å². The van der Waals surface area contributed by atoms with E-state index >= 15 is 0 Å². The van der Waals surface area contributed by atoms with E-state index in [0.29, 0.717) is 23.8 Å². The van der Waals surface area contributed by atoms with Crippen LogP contribution in [0.2, 0.25) is 0 Å². The normalized spacial score (nSPS) is 10.5. The fraction of sp³-hybridized carbons (Fsp3) is 0.500. The molecule has 0 heterocycles. The molecule has 4 heteroatoms. The van der Waals surface area contributed by atoms with Crippen molar-refractivity contribution in [3.05, 3.63) is 28.2 Å². The van der Waals surface area contributed by atoms with Crippen LogP contribution in [-0.4, -0.2) is 19.6 Å². The first-order valence-electron chi connectivity index (χ1n) is 6.16. The van der Waals surface area contributed by atoms with Crippen LogP contribution in [0, 0.1) is 5.92 Å². The molecule has 0 aliphatic heterocycles. The average Bonchev–Trinajstić information content (AvgIpc) is 2.33. The van der Waals surface area contributed by atoms with Crippen molar-refractivity contribution in [1.82, 2.24) is 5.32 Å². The van der Waals surface area contributed by atoms with Gasteiger partial charge in [-0.25, -0.2) is 0 Å². The minimum absolute atomic E-state index is 0.0805. The Balaban J connectivity index is 2.56. The Morgan fingerprint density at radius 1 is 1.44 bits per heavy atom. The molecule has 0 aliphatic rings. The number of rotatable bonds is 6. The van der Waals surface area contributed by atoms with E-state index in [4.69, 9.17) is 4.74 Å². The van der Waals surface area contributed by atoms with E-state index in [-0.39, 0.29) is 5.91 Å². The fourth-order valence-corrected chi connectivity index (χ4v) is 2.00. The maximum absolute atomic E-state index is 12.0. The summed E-state index contributed by atoms with van der Waals surface area (Å²) in [4.78, 5) is 12.0. The highest BCUT2D eigenvalue weighted by Gasteiger charge is 2.11. The lowest BCUT2D eigenvalue weighted by molar-refractivity contribution is 0.0949. The van der Waals surface area contributed by atoms with Crippen molar-refractivity contribution >= 4 is 21.8 Å². The molecule has 0 saturated carbocycles. The summed E-state index contributed by atoms with van der Waals surface area (Å²) in [5.41, 5.74) is 0.574. The summed E-state index contributed by atoms with van der Waals surface area (Å²) in [6.07, 6.45) is 2.13. The Morgan fingerprint density at radius 3 is 2.78 bits per heavy atom. The monoisotopic (exact) mass is 313 g/mol. The van der Waals surface area contributed by atoms with Crippen molar-refractivity contribution in [1.29, 1.82) is 0 Å². The third-order valence-electron chi connectivity index (χ3n) is 2.65. The van der Waals surface area contributed by atoms with Gasteiger partial charge in [0.25, 0.3) is 5.91 Å². The Morgan fingerprint density at radius 2 is 2.17 bits per heavy atom. The summed E-state index contributed by atoms with van der Waals surface area (Å²) in [7, 11) is 1.57. The highest BCUT2D eigenvalue weighted by Crippen LogP contribution is 2.23. The zero-order chi connectivity index (χ0) is 13.5. The maximum atomic E-state index is 12.0. The van der Waals surface area contributed by atoms with E-state index < -0.39 is 0 Å². The van der Waals surface area contributed by atoms with Crippen LogP contribution >= 0.6 is 15.9 Å². The number of halogens is 1. The molecule has 18 heavy (non-hydrogen) atoms. The number of carbonyl (C=O) groups is 1. The molecule has 1 aromatic carbocycles. The van der Waals surface area contributed by atoms with Gasteiger partial charge in [-0.1, -0.05) is 29.8 Å². The van der Waals surface area contributed by atoms with Crippen molar-refractivity contribution in [2.45, 2.75) is 26.7 Å². The Kier molecular flexibility index (Phi) is 6.19. The van der Waals surface area contributed by atoms with Crippen LogP contribution in [-0.2, 0) is 0 Å². The molecule has 0 fully saturated rings. The molecule has 100 valence electrons. The zero-order valence-corrected chi connectivity index (χ0v) is 12.7. The summed E-state index contributed by atoms with van der Waals surface area (Å²) >= 11 is 3.35. The average molecular weight is 314 g/mol. The quantitative estimate of drug-likeness (QED) is 0.814. The number of hydrogen-bond acceptors (Lipinski definition) is 2. The molecule has 0 unspecified atom stereocenters. The van der Waals surface area contributed by atoms with E-state index in [2.05, 4.69) is 35.1 Å². The van der Waals surface area contributed by atoms with E-state index in [1.165, 1.54) is 0 Å². The summed E-state index contributed by atoms with van der Waals surface area (Å²) < 4.78 is 6.10. The summed E-state index contributed by atoms with van der Waals surface area (Å²) in [5, 5.41) is 2.91. The Bertz CT molecular complexity index is 405. The van der Waals surface area contributed by atoms with Crippen LogP contribution in [0.3, 0.4) is 0 Å². The van der Waals surface area contributed by atoms with Gasteiger partial charge < -0.3 is 10.1 Å². The predicted octanol–water partition coefficient (Wildman–Crippen LogP) is 3.62. The zero-order valence-electron chi connectivity index (χ0n) is 11.1. The SMILES string of the molecule is COc1cc(Br)ccc1C(=O)NCCCC(C)C. The first kappa shape index (κ1) is 15.0. The second-order valence-corrected chi connectivity index (χ2v) is 5.55. The number of hydrogen-bond donors (Lipinski definition) is 1. The number of nitrogens with one attached hydrogen (secondary N) is 1. The summed E-state index contributed by atoms with van der Waals surface area (Å²) in [6, 6.07) is 5.40. The van der Waals surface area contributed by atoms with Crippen LogP contribution < -0.4 is 10.1 Å². The molecular weight excluding hydrogens is 294 g/mol. The van der Waals surface area contributed by atoms with Gasteiger partial charge in [0.1, 0.15) is 5.75 Å². The molecule has 0 aliphatic carbocycles. The van der Waals surface area contributed by atoms with Crippen LogP contribution in [0.4, 0.5) is 0 Å². The maximum Gasteiger partial charge on any atom is 0.255 e. The molecule has 0 spiro atoms. The standard InChI is InChI=1S/C14H20BrNO2/c1-10(2)5-4-8-16-14(17)12-7-6-11(15)9-13(12)18-3/h6-7,9-10H,4-5,8H2,1-3H3,(H,16,17). The molecular formula is C14H20BrNO2. The Hall–Kier alpha value is -1.03. The molecule has 0 saturated heterocycles. The van der Waals surface area contributed by atoms with E-state index in [1.54, 1.807) is 19.2 Å². The number of amides is 1. The van der Waals surface area contributed by atoms with Gasteiger partial charge in [-0.15, -0.1) is 0 Å². The molecule has 1 aromatic rings. The highest BCUT2D eigenvalue weighted by molar-refractivity contribution is 9.10. The number of carbonyl (C=O) groups excluding carboxylic acids is 1. The van der Waals surface area contributed by atoms with E-state index in [9.17, 15) is 4.79 Å². The third kappa shape index (κ3) is 4.69. The predicted molar refractivity (Wildman–Crippen MR) is 77.1 cm³/mol. The minimum atomic E-state index is -0.0805. The van der Waals surface area contributed by atoms with Crippen LogP contribution in [0.15, 0.2) is 22.7 Å². The largest absolute Gasteiger partial charge is 0.496 e. The van der Waals surface area contributed by atoms with Crippen LogP contribution in [0.25, 0.3) is 0 Å². The van der Waals surface area contributed by atoms with Crippen LogP contribution in [0.5, 0.6) is 5.75 Å². The smallest absolute Gasteiger partial charge is 0.255 e. The van der Waals surface area contributed by atoms with Crippen molar-refractivity contribution in [2.24, 2.45) is 5.92 Å².